The first kappa shape index (κ1) is 17.8. The molecule has 0 aliphatic heterocycles. The molecular weight excluding hydrogens is 304 g/mol. The van der Waals surface area contributed by atoms with E-state index >= 15 is 0 Å². The fourth-order valence-corrected chi connectivity index (χ4v) is 3.58. The second-order valence-corrected chi connectivity index (χ2v) is 9.39. The topological polar surface area (TPSA) is 42.9 Å². The maximum atomic E-state index is 12.3. The Morgan fingerprint density at radius 2 is 1.87 bits per heavy atom. The second kappa shape index (κ2) is 6.91. The van der Waals surface area contributed by atoms with Crippen molar-refractivity contribution < 1.29 is 4.21 Å². The lowest BCUT2D eigenvalue weighted by Crippen LogP contribution is -2.26. The van der Waals surface area contributed by atoms with Gasteiger partial charge in [0.15, 0.2) is 0 Å². The minimum atomic E-state index is -0.855. The van der Waals surface area contributed by atoms with Crippen molar-refractivity contribution in [3.8, 4) is 11.3 Å². The molecule has 4 heteroatoms. The fraction of sp³-hybridized carbons (Fsp3) is 0.474. The van der Waals surface area contributed by atoms with Crippen LogP contribution < -0.4 is 0 Å². The largest absolute Gasteiger partial charge is 0.262 e. The van der Waals surface area contributed by atoms with Gasteiger partial charge in [-0.2, -0.15) is 0 Å². The molecule has 3 nitrogen and oxygen atoms in total. The molecule has 0 saturated carbocycles. The maximum absolute atomic E-state index is 12.3. The first-order valence-corrected chi connectivity index (χ1v) is 9.28. The Hall–Kier alpha value is -1.55. The van der Waals surface area contributed by atoms with Crippen LogP contribution in [0, 0.1) is 13.8 Å². The highest BCUT2D eigenvalue weighted by molar-refractivity contribution is 7.86. The number of aromatic nitrogens is 2. The van der Waals surface area contributed by atoms with Crippen molar-refractivity contribution in [2.45, 2.75) is 52.2 Å². The molecule has 0 amide bonds. The van der Waals surface area contributed by atoms with E-state index in [0.717, 1.165) is 28.1 Å². The summed E-state index contributed by atoms with van der Waals surface area (Å²) >= 11 is 0. The molecule has 2 aromatic heterocycles. The van der Waals surface area contributed by atoms with E-state index in [4.69, 9.17) is 0 Å². The number of rotatable bonds is 4. The Morgan fingerprint density at radius 3 is 2.43 bits per heavy atom. The first-order chi connectivity index (χ1) is 10.7. The van der Waals surface area contributed by atoms with Crippen molar-refractivity contribution in [1.82, 2.24) is 9.97 Å². The standard InChI is InChI=1S/C19H26N2OS/c1-13-9-17(14(2)12-23(22)19(4,5)6)11-21-18(13)16-7-8-20-15(3)10-16/h7-11,14H,12H2,1-6H3. The number of aryl methyl sites for hydroxylation is 2. The van der Waals surface area contributed by atoms with Gasteiger partial charge in [-0.1, -0.05) is 13.0 Å². The van der Waals surface area contributed by atoms with E-state index in [2.05, 4.69) is 29.9 Å². The van der Waals surface area contributed by atoms with Crippen LogP contribution in [0.3, 0.4) is 0 Å². The van der Waals surface area contributed by atoms with Crippen LogP contribution in [0.15, 0.2) is 30.6 Å². The number of hydrogen-bond donors (Lipinski definition) is 0. The lowest BCUT2D eigenvalue weighted by Gasteiger charge is -2.21. The van der Waals surface area contributed by atoms with E-state index in [-0.39, 0.29) is 10.7 Å². The van der Waals surface area contributed by atoms with Gasteiger partial charge < -0.3 is 0 Å². The minimum Gasteiger partial charge on any atom is -0.262 e. The Labute approximate surface area is 142 Å². The zero-order chi connectivity index (χ0) is 17.2. The van der Waals surface area contributed by atoms with E-state index < -0.39 is 10.8 Å². The highest BCUT2D eigenvalue weighted by Crippen LogP contribution is 2.26. The Balaban J connectivity index is 2.24. The molecule has 0 saturated heterocycles. The molecule has 0 spiro atoms. The van der Waals surface area contributed by atoms with Crippen molar-refractivity contribution in [1.29, 1.82) is 0 Å². The van der Waals surface area contributed by atoms with Crippen LogP contribution in [0.5, 0.6) is 0 Å². The van der Waals surface area contributed by atoms with Gasteiger partial charge in [-0.25, -0.2) is 0 Å². The van der Waals surface area contributed by atoms with E-state index in [0.29, 0.717) is 5.75 Å². The van der Waals surface area contributed by atoms with Crippen LogP contribution in [0.1, 0.15) is 50.4 Å². The summed E-state index contributed by atoms with van der Waals surface area (Å²) in [6.45, 7) is 12.2. The Kier molecular flexibility index (Phi) is 5.35. The summed E-state index contributed by atoms with van der Waals surface area (Å²) in [6, 6.07) is 6.20. The van der Waals surface area contributed by atoms with Gasteiger partial charge in [0.25, 0.3) is 0 Å². The van der Waals surface area contributed by atoms with Gasteiger partial charge in [0.2, 0.25) is 0 Å². The molecule has 0 aromatic carbocycles. The molecule has 2 heterocycles. The Bertz CT molecular complexity index is 720. The van der Waals surface area contributed by atoms with Gasteiger partial charge in [0.1, 0.15) is 0 Å². The van der Waals surface area contributed by atoms with Crippen LogP contribution in [0.2, 0.25) is 0 Å². The monoisotopic (exact) mass is 330 g/mol. The van der Waals surface area contributed by atoms with Gasteiger partial charge in [-0.15, -0.1) is 0 Å². The Morgan fingerprint density at radius 1 is 1.17 bits per heavy atom. The van der Waals surface area contributed by atoms with Gasteiger partial charge in [-0.3, -0.25) is 14.2 Å². The van der Waals surface area contributed by atoms with Crippen LogP contribution in [0.25, 0.3) is 11.3 Å². The maximum Gasteiger partial charge on any atom is 0.0732 e. The van der Waals surface area contributed by atoms with Crippen molar-refractivity contribution in [2.75, 3.05) is 5.75 Å². The average molecular weight is 330 g/mol. The summed E-state index contributed by atoms with van der Waals surface area (Å²) in [6.07, 6.45) is 3.73. The van der Waals surface area contributed by atoms with E-state index in [9.17, 15) is 4.21 Å². The summed E-state index contributed by atoms with van der Waals surface area (Å²) in [7, 11) is -0.855. The molecule has 0 aliphatic rings. The highest BCUT2D eigenvalue weighted by atomic mass is 32.2. The summed E-state index contributed by atoms with van der Waals surface area (Å²) in [5.74, 6) is 0.896. The number of nitrogens with zero attached hydrogens (tertiary/aromatic N) is 2. The first-order valence-electron chi connectivity index (χ1n) is 7.96. The van der Waals surface area contributed by atoms with Gasteiger partial charge in [0.05, 0.1) is 5.69 Å². The quantitative estimate of drug-likeness (QED) is 0.834. The predicted molar refractivity (Wildman–Crippen MR) is 98.1 cm³/mol. The molecule has 124 valence electrons. The molecular formula is C19H26N2OS. The third kappa shape index (κ3) is 4.47. The lowest BCUT2D eigenvalue weighted by atomic mass is 10.0. The van der Waals surface area contributed by atoms with Crippen molar-refractivity contribution in [3.63, 3.8) is 0 Å². The second-order valence-electron chi connectivity index (χ2n) is 7.15. The molecule has 2 aromatic rings. The summed E-state index contributed by atoms with van der Waals surface area (Å²) in [5.41, 5.74) is 5.36. The van der Waals surface area contributed by atoms with Crippen molar-refractivity contribution in [2.24, 2.45) is 0 Å². The van der Waals surface area contributed by atoms with Gasteiger partial charge in [0, 0.05) is 45.0 Å². The zero-order valence-electron chi connectivity index (χ0n) is 14.9. The molecule has 0 fully saturated rings. The zero-order valence-corrected chi connectivity index (χ0v) is 15.7. The molecule has 2 unspecified atom stereocenters. The fourth-order valence-electron chi connectivity index (χ4n) is 2.43. The number of pyridine rings is 2. The third-order valence-electron chi connectivity index (χ3n) is 3.92. The molecule has 2 rings (SSSR count). The summed E-state index contributed by atoms with van der Waals surface area (Å²) < 4.78 is 12.2. The van der Waals surface area contributed by atoms with E-state index in [1.54, 1.807) is 0 Å². The average Bonchev–Trinajstić information content (AvgIpc) is 2.46. The van der Waals surface area contributed by atoms with Gasteiger partial charge in [-0.05, 0) is 63.8 Å². The minimum absolute atomic E-state index is 0.175. The van der Waals surface area contributed by atoms with Crippen molar-refractivity contribution in [3.05, 3.63) is 47.4 Å². The lowest BCUT2D eigenvalue weighted by molar-refractivity contribution is 0.642. The molecule has 23 heavy (non-hydrogen) atoms. The molecule has 0 N–H and O–H groups in total. The summed E-state index contributed by atoms with van der Waals surface area (Å²) in [4.78, 5) is 8.89. The smallest absolute Gasteiger partial charge is 0.0732 e. The van der Waals surface area contributed by atoms with Crippen molar-refractivity contribution >= 4 is 10.8 Å². The SMILES string of the molecule is Cc1cc(-c2ncc(C(C)CS(=O)C(C)(C)C)cc2C)ccn1. The molecule has 0 aliphatic carbocycles. The predicted octanol–water partition coefficient (Wildman–Crippen LogP) is 4.41. The van der Waals surface area contributed by atoms with Crippen LogP contribution in [0.4, 0.5) is 0 Å². The van der Waals surface area contributed by atoms with Crippen LogP contribution in [-0.4, -0.2) is 24.7 Å². The van der Waals surface area contributed by atoms with Gasteiger partial charge >= 0.3 is 0 Å². The summed E-state index contributed by atoms with van der Waals surface area (Å²) in [5, 5.41) is 0. The van der Waals surface area contributed by atoms with Crippen LogP contribution in [-0.2, 0) is 10.8 Å². The van der Waals surface area contributed by atoms with E-state index in [1.165, 1.54) is 0 Å². The molecule has 2 atom stereocenters. The normalized spacial score (nSPS) is 14.5. The highest BCUT2D eigenvalue weighted by Gasteiger charge is 2.22. The van der Waals surface area contributed by atoms with E-state index in [1.807, 2.05) is 52.2 Å². The third-order valence-corrected chi connectivity index (χ3v) is 6.09. The molecule has 0 radical (unpaired) electrons. The van der Waals surface area contributed by atoms with Crippen LogP contribution >= 0.6 is 0 Å². The molecule has 0 bridgehead atoms. The number of hydrogen-bond acceptors (Lipinski definition) is 3.